The standard InChI is InChI=1S/C14H27NO2/c1-3-14(4-2)10-11(8-9-17-14)15-12-6-5-7-13(12)16/h11-13,15-16H,3-10H2,1-2H3/t11?,12-,13-/m0/s1. The minimum Gasteiger partial charge on any atom is -0.392 e. The Morgan fingerprint density at radius 1 is 1.24 bits per heavy atom. The molecule has 0 aromatic rings. The molecule has 1 heterocycles. The summed E-state index contributed by atoms with van der Waals surface area (Å²) < 4.78 is 5.98. The van der Waals surface area contributed by atoms with Gasteiger partial charge in [0.15, 0.2) is 0 Å². The first-order chi connectivity index (χ1) is 8.19. The van der Waals surface area contributed by atoms with E-state index in [0.29, 0.717) is 12.1 Å². The molecule has 3 nitrogen and oxygen atoms in total. The average molecular weight is 241 g/mol. The van der Waals surface area contributed by atoms with Gasteiger partial charge in [-0.3, -0.25) is 0 Å². The van der Waals surface area contributed by atoms with Gasteiger partial charge in [-0.25, -0.2) is 0 Å². The maximum Gasteiger partial charge on any atom is 0.0693 e. The van der Waals surface area contributed by atoms with Gasteiger partial charge in [-0.05, 0) is 44.9 Å². The lowest BCUT2D eigenvalue weighted by Crippen LogP contribution is -2.50. The summed E-state index contributed by atoms with van der Waals surface area (Å²) in [7, 11) is 0. The van der Waals surface area contributed by atoms with Crippen LogP contribution in [0.15, 0.2) is 0 Å². The van der Waals surface area contributed by atoms with Gasteiger partial charge in [0.05, 0.1) is 11.7 Å². The molecule has 3 heteroatoms. The molecule has 1 aliphatic heterocycles. The Morgan fingerprint density at radius 3 is 2.59 bits per heavy atom. The number of hydrogen-bond donors (Lipinski definition) is 2. The molecule has 100 valence electrons. The second-order valence-corrected chi connectivity index (χ2v) is 5.70. The summed E-state index contributed by atoms with van der Waals surface area (Å²) in [5.74, 6) is 0. The molecule has 1 unspecified atom stereocenters. The highest BCUT2D eigenvalue weighted by Crippen LogP contribution is 2.32. The average Bonchev–Trinajstić information content (AvgIpc) is 2.75. The normalized spacial score (nSPS) is 37.2. The zero-order valence-electron chi connectivity index (χ0n) is 11.2. The molecule has 2 rings (SSSR count). The van der Waals surface area contributed by atoms with Crippen LogP contribution in [-0.2, 0) is 4.74 Å². The topological polar surface area (TPSA) is 41.5 Å². The SMILES string of the molecule is CCC1(CC)CC(N[C@H]2CCC[C@@H]2O)CCO1. The van der Waals surface area contributed by atoms with Gasteiger partial charge in [-0.15, -0.1) is 0 Å². The minimum absolute atomic E-state index is 0.0828. The molecule has 3 atom stereocenters. The zero-order chi connectivity index (χ0) is 12.3. The van der Waals surface area contributed by atoms with Gasteiger partial charge < -0.3 is 15.2 Å². The van der Waals surface area contributed by atoms with Crippen LogP contribution in [0, 0.1) is 0 Å². The molecule has 0 radical (unpaired) electrons. The third-order valence-corrected chi connectivity index (χ3v) is 4.71. The number of aliphatic hydroxyl groups excluding tert-OH is 1. The van der Waals surface area contributed by atoms with Crippen molar-refractivity contribution >= 4 is 0 Å². The van der Waals surface area contributed by atoms with Crippen molar-refractivity contribution in [2.45, 2.75) is 82.6 Å². The lowest BCUT2D eigenvalue weighted by molar-refractivity contribution is -0.0951. The Kier molecular flexibility index (Phi) is 4.45. The Bertz CT molecular complexity index is 240. The third-order valence-electron chi connectivity index (χ3n) is 4.71. The van der Waals surface area contributed by atoms with Crippen LogP contribution in [0.5, 0.6) is 0 Å². The molecule has 2 aliphatic rings. The Morgan fingerprint density at radius 2 is 2.00 bits per heavy atom. The third kappa shape index (κ3) is 3.01. The molecule has 0 bridgehead atoms. The van der Waals surface area contributed by atoms with Crippen LogP contribution in [-0.4, -0.2) is 35.5 Å². The van der Waals surface area contributed by atoms with E-state index in [2.05, 4.69) is 19.2 Å². The van der Waals surface area contributed by atoms with E-state index in [0.717, 1.165) is 51.6 Å². The number of rotatable bonds is 4. The predicted octanol–water partition coefficient (Wildman–Crippen LogP) is 2.23. The Balaban J connectivity index is 1.88. The summed E-state index contributed by atoms with van der Waals surface area (Å²) in [6.45, 7) is 5.30. The smallest absolute Gasteiger partial charge is 0.0693 e. The molecular formula is C14H27NO2. The first-order valence-electron chi connectivity index (χ1n) is 7.27. The summed E-state index contributed by atoms with van der Waals surface area (Å²) >= 11 is 0. The van der Waals surface area contributed by atoms with E-state index in [1.807, 2.05) is 0 Å². The van der Waals surface area contributed by atoms with E-state index in [-0.39, 0.29) is 11.7 Å². The predicted molar refractivity (Wildman–Crippen MR) is 69.1 cm³/mol. The first-order valence-corrected chi connectivity index (χ1v) is 7.27. The molecule has 0 aromatic carbocycles. The Hall–Kier alpha value is -0.120. The van der Waals surface area contributed by atoms with Crippen molar-refractivity contribution in [3.8, 4) is 0 Å². The van der Waals surface area contributed by atoms with Crippen molar-refractivity contribution in [1.82, 2.24) is 5.32 Å². The first kappa shape index (κ1) is 13.3. The summed E-state index contributed by atoms with van der Waals surface area (Å²) in [5, 5.41) is 13.5. The zero-order valence-corrected chi connectivity index (χ0v) is 11.2. The number of aliphatic hydroxyl groups is 1. The van der Waals surface area contributed by atoms with Gasteiger partial charge >= 0.3 is 0 Å². The highest BCUT2D eigenvalue weighted by atomic mass is 16.5. The van der Waals surface area contributed by atoms with Crippen LogP contribution in [0.3, 0.4) is 0 Å². The highest BCUT2D eigenvalue weighted by molar-refractivity contribution is 4.92. The molecular weight excluding hydrogens is 214 g/mol. The van der Waals surface area contributed by atoms with Crippen LogP contribution in [0.4, 0.5) is 0 Å². The fourth-order valence-electron chi connectivity index (χ4n) is 3.35. The monoisotopic (exact) mass is 241 g/mol. The highest BCUT2D eigenvalue weighted by Gasteiger charge is 2.36. The van der Waals surface area contributed by atoms with Crippen molar-refractivity contribution in [3.63, 3.8) is 0 Å². The van der Waals surface area contributed by atoms with E-state index < -0.39 is 0 Å². The van der Waals surface area contributed by atoms with Gasteiger partial charge in [0.1, 0.15) is 0 Å². The van der Waals surface area contributed by atoms with Gasteiger partial charge in [-0.1, -0.05) is 13.8 Å². The van der Waals surface area contributed by atoms with E-state index in [1.165, 1.54) is 0 Å². The second-order valence-electron chi connectivity index (χ2n) is 5.70. The van der Waals surface area contributed by atoms with Crippen molar-refractivity contribution < 1.29 is 9.84 Å². The van der Waals surface area contributed by atoms with Crippen LogP contribution < -0.4 is 5.32 Å². The van der Waals surface area contributed by atoms with Crippen LogP contribution in [0.25, 0.3) is 0 Å². The molecule has 2 N–H and O–H groups in total. The minimum atomic E-state index is -0.129. The molecule has 0 spiro atoms. The summed E-state index contributed by atoms with van der Waals surface area (Å²) in [6, 6.07) is 0.853. The van der Waals surface area contributed by atoms with E-state index in [9.17, 15) is 5.11 Å². The van der Waals surface area contributed by atoms with Gasteiger partial charge in [-0.2, -0.15) is 0 Å². The summed E-state index contributed by atoms with van der Waals surface area (Å²) in [5.41, 5.74) is 0.0828. The van der Waals surface area contributed by atoms with E-state index in [1.54, 1.807) is 0 Å². The van der Waals surface area contributed by atoms with Crippen LogP contribution >= 0.6 is 0 Å². The molecule has 2 fully saturated rings. The second kappa shape index (κ2) is 5.68. The number of nitrogens with one attached hydrogen (secondary N) is 1. The van der Waals surface area contributed by atoms with Gasteiger partial charge in [0, 0.05) is 18.7 Å². The van der Waals surface area contributed by atoms with Gasteiger partial charge in [0.2, 0.25) is 0 Å². The maximum atomic E-state index is 9.87. The van der Waals surface area contributed by atoms with Crippen LogP contribution in [0.1, 0.15) is 58.8 Å². The molecule has 0 amide bonds. The lowest BCUT2D eigenvalue weighted by atomic mass is 9.85. The number of ether oxygens (including phenoxy) is 1. The largest absolute Gasteiger partial charge is 0.392 e. The number of hydrogen-bond acceptors (Lipinski definition) is 3. The molecule has 0 aromatic heterocycles. The molecule has 1 saturated carbocycles. The van der Waals surface area contributed by atoms with Crippen molar-refractivity contribution in [2.75, 3.05) is 6.61 Å². The molecule has 1 aliphatic carbocycles. The van der Waals surface area contributed by atoms with Gasteiger partial charge in [0.25, 0.3) is 0 Å². The molecule has 1 saturated heterocycles. The summed E-state index contributed by atoms with van der Waals surface area (Å²) in [4.78, 5) is 0. The van der Waals surface area contributed by atoms with Crippen molar-refractivity contribution in [2.24, 2.45) is 0 Å². The van der Waals surface area contributed by atoms with E-state index in [4.69, 9.17) is 4.74 Å². The van der Waals surface area contributed by atoms with Crippen molar-refractivity contribution in [1.29, 1.82) is 0 Å². The fourth-order valence-corrected chi connectivity index (χ4v) is 3.35. The quantitative estimate of drug-likeness (QED) is 0.793. The Labute approximate surface area is 105 Å². The van der Waals surface area contributed by atoms with Crippen molar-refractivity contribution in [3.05, 3.63) is 0 Å². The fraction of sp³-hybridized carbons (Fsp3) is 1.00. The maximum absolute atomic E-state index is 9.87. The summed E-state index contributed by atoms with van der Waals surface area (Å²) in [6.07, 6.45) is 7.50. The lowest BCUT2D eigenvalue weighted by Gasteiger charge is -2.41. The van der Waals surface area contributed by atoms with Crippen LogP contribution in [0.2, 0.25) is 0 Å². The van der Waals surface area contributed by atoms with E-state index >= 15 is 0 Å². The molecule has 17 heavy (non-hydrogen) atoms.